The quantitative estimate of drug-likeness (QED) is 0.375. The van der Waals surface area contributed by atoms with Gasteiger partial charge in [0.15, 0.2) is 0 Å². The zero-order chi connectivity index (χ0) is 24.6. The highest BCUT2D eigenvalue weighted by Crippen LogP contribution is 2.21. The topological polar surface area (TPSA) is 97.5 Å². The van der Waals surface area contributed by atoms with E-state index in [1.165, 1.54) is 22.6 Å². The molecule has 8 nitrogen and oxygen atoms in total. The van der Waals surface area contributed by atoms with Crippen LogP contribution in [0, 0.1) is 0 Å². The fourth-order valence-electron chi connectivity index (χ4n) is 3.66. The summed E-state index contributed by atoms with van der Waals surface area (Å²) in [6, 6.07) is 23.7. The molecule has 4 rings (SSSR count). The molecular formula is C27H26N4O4. The van der Waals surface area contributed by atoms with Crippen LogP contribution in [0.4, 0.5) is 0 Å². The number of carbonyl (C=O) groups excluding carboxylic acids is 1. The molecule has 35 heavy (non-hydrogen) atoms. The fraction of sp³-hybridized carbons (Fsp3) is 0.185. The number of benzene rings is 3. The van der Waals surface area contributed by atoms with E-state index in [1.807, 2.05) is 48.7 Å². The van der Waals surface area contributed by atoms with Crippen molar-refractivity contribution < 1.29 is 19.4 Å². The normalized spacial score (nSPS) is 10.7. The molecule has 0 aliphatic carbocycles. The smallest absolute Gasteiger partial charge is 0.335 e. The van der Waals surface area contributed by atoms with E-state index >= 15 is 0 Å². The summed E-state index contributed by atoms with van der Waals surface area (Å²) in [7, 11) is 1.67. The SMILES string of the molecule is CN(Cc1ccccc1OCc1cn(CCc2ccccc2)nn1)C(=O)c1cccc(C(=O)O)c1. The van der Waals surface area contributed by atoms with Crippen LogP contribution in [-0.2, 0) is 26.1 Å². The van der Waals surface area contributed by atoms with Crippen LogP contribution >= 0.6 is 0 Å². The van der Waals surface area contributed by atoms with Crippen molar-refractivity contribution in [1.29, 1.82) is 0 Å². The first kappa shape index (κ1) is 23.7. The number of para-hydroxylation sites is 1. The molecule has 1 N–H and O–H groups in total. The lowest BCUT2D eigenvalue weighted by atomic mass is 10.1. The second-order valence-electron chi connectivity index (χ2n) is 8.15. The van der Waals surface area contributed by atoms with Gasteiger partial charge in [-0.05, 0) is 36.2 Å². The average molecular weight is 471 g/mol. The summed E-state index contributed by atoms with van der Waals surface area (Å²) in [6.45, 7) is 1.28. The second-order valence-corrected chi connectivity index (χ2v) is 8.15. The Bertz CT molecular complexity index is 1300. The van der Waals surface area contributed by atoms with Gasteiger partial charge in [-0.3, -0.25) is 9.48 Å². The first-order valence-corrected chi connectivity index (χ1v) is 11.2. The number of rotatable bonds is 10. The van der Waals surface area contributed by atoms with E-state index in [-0.39, 0.29) is 18.1 Å². The van der Waals surface area contributed by atoms with Crippen LogP contribution in [0.25, 0.3) is 0 Å². The molecule has 0 spiro atoms. The monoisotopic (exact) mass is 470 g/mol. The zero-order valence-electron chi connectivity index (χ0n) is 19.4. The number of aryl methyl sites for hydroxylation is 2. The molecule has 0 atom stereocenters. The van der Waals surface area contributed by atoms with Crippen LogP contribution < -0.4 is 4.74 Å². The first-order chi connectivity index (χ1) is 17.0. The van der Waals surface area contributed by atoms with Gasteiger partial charge in [-0.1, -0.05) is 59.8 Å². The Morgan fingerprint density at radius 2 is 1.71 bits per heavy atom. The minimum Gasteiger partial charge on any atom is -0.487 e. The highest BCUT2D eigenvalue weighted by molar-refractivity contribution is 5.97. The molecule has 0 aliphatic rings. The van der Waals surface area contributed by atoms with Crippen molar-refractivity contribution in [2.24, 2.45) is 0 Å². The van der Waals surface area contributed by atoms with Crippen LogP contribution in [0.2, 0.25) is 0 Å². The van der Waals surface area contributed by atoms with Gasteiger partial charge in [-0.15, -0.1) is 5.10 Å². The molecule has 0 bridgehead atoms. The Balaban J connectivity index is 1.36. The molecule has 0 saturated carbocycles. The number of carboxylic acid groups (broad SMARTS) is 1. The van der Waals surface area contributed by atoms with Gasteiger partial charge in [-0.2, -0.15) is 0 Å². The highest BCUT2D eigenvalue weighted by Gasteiger charge is 2.16. The summed E-state index contributed by atoms with van der Waals surface area (Å²) < 4.78 is 7.81. The molecule has 8 heteroatoms. The Morgan fingerprint density at radius 3 is 2.51 bits per heavy atom. The van der Waals surface area contributed by atoms with E-state index in [0.29, 0.717) is 23.6 Å². The third-order valence-corrected chi connectivity index (χ3v) is 5.52. The number of ether oxygens (including phenoxy) is 1. The standard InChI is InChI=1S/C27H26N4O4/c1-30(26(32)21-11-7-12-22(16-21)27(33)34)17-23-10-5-6-13-25(23)35-19-24-18-31(29-28-24)15-14-20-8-3-2-4-9-20/h2-13,16,18H,14-15,17,19H2,1H3,(H,33,34). The predicted octanol–water partition coefficient (Wildman–Crippen LogP) is 4.07. The largest absolute Gasteiger partial charge is 0.487 e. The lowest BCUT2D eigenvalue weighted by Gasteiger charge is -2.19. The van der Waals surface area contributed by atoms with Crippen molar-refractivity contribution in [2.75, 3.05) is 7.05 Å². The summed E-state index contributed by atoms with van der Waals surface area (Å²) in [4.78, 5) is 25.6. The summed E-state index contributed by atoms with van der Waals surface area (Å²) in [5, 5.41) is 17.6. The lowest BCUT2D eigenvalue weighted by Crippen LogP contribution is -2.26. The maximum Gasteiger partial charge on any atom is 0.335 e. The minimum absolute atomic E-state index is 0.0739. The van der Waals surface area contributed by atoms with E-state index in [0.717, 1.165) is 18.5 Å². The van der Waals surface area contributed by atoms with Gasteiger partial charge in [0, 0.05) is 31.3 Å². The molecule has 4 aromatic rings. The summed E-state index contributed by atoms with van der Waals surface area (Å²) in [5.74, 6) is -0.701. The minimum atomic E-state index is -1.07. The predicted molar refractivity (Wildman–Crippen MR) is 130 cm³/mol. The number of hydrogen-bond acceptors (Lipinski definition) is 5. The van der Waals surface area contributed by atoms with E-state index in [1.54, 1.807) is 23.9 Å². The van der Waals surface area contributed by atoms with Gasteiger partial charge in [0.2, 0.25) is 0 Å². The van der Waals surface area contributed by atoms with Crippen molar-refractivity contribution in [3.63, 3.8) is 0 Å². The van der Waals surface area contributed by atoms with Crippen molar-refractivity contribution in [3.8, 4) is 5.75 Å². The highest BCUT2D eigenvalue weighted by atomic mass is 16.5. The van der Waals surface area contributed by atoms with Gasteiger partial charge < -0.3 is 14.7 Å². The Hall–Kier alpha value is -4.46. The van der Waals surface area contributed by atoms with E-state index in [4.69, 9.17) is 4.74 Å². The summed E-state index contributed by atoms with van der Waals surface area (Å²) in [6.07, 6.45) is 2.74. The Labute approximate surface area is 203 Å². The number of amides is 1. The molecule has 0 fully saturated rings. The van der Waals surface area contributed by atoms with Crippen molar-refractivity contribution in [2.45, 2.75) is 26.1 Å². The van der Waals surface area contributed by atoms with Crippen LogP contribution in [0.1, 0.15) is 37.5 Å². The molecule has 0 unspecified atom stereocenters. The summed E-state index contributed by atoms with van der Waals surface area (Å²) in [5.41, 5.74) is 3.17. The molecule has 178 valence electrons. The molecule has 0 saturated heterocycles. The van der Waals surface area contributed by atoms with Crippen LogP contribution in [0.15, 0.2) is 85.1 Å². The number of carbonyl (C=O) groups is 2. The Kier molecular flexibility index (Phi) is 7.52. The first-order valence-electron chi connectivity index (χ1n) is 11.2. The van der Waals surface area contributed by atoms with Crippen molar-refractivity contribution >= 4 is 11.9 Å². The van der Waals surface area contributed by atoms with Crippen LogP contribution in [0.3, 0.4) is 0 Å². The van der Waals surface area contributed by atoms with Gasteiger partial charge >= 0.3 is 5.97 Å². The number of aromatic nitrogens is 3. The summed E-state index contributed by atoms with van der Waals surface area (Å²) >= 11 is 0. The van der Waals surface area contributed by atoms with E-state index in [9.17, 15) is 14.7 Å². The molecular weight excluding hydrogens is 444 g/mol. The second kappa shape index (κ2) is 11.1. The third kappa shape index (κ3) is 6.32. The van der Waals surface area contributed by atoms with E-state index < -0.39 is 5.97 Å². The molecule has 0 aliphatic heterocycles. The van der Waals surface area contributed by atoms with Gasteiger partial charge in [0.05, 0.1) is 11.8 Å². The number of aromatic carboxylic acids is 1. The van der Waals surface area contributed by atoms with Crippen LogP contribution in [0.5, 0.6) is 5.75 Å². The molecule has 1 amide bonds. The van der Waals surface area contributed by atoms with Gasteiger partial charge in [0.1, 0.15) is 18.1 Å². The molecule has 3 aromatic carbocycles. The lowest BCUT2D eigenvalue weighted by molar-refractivity contribution is 0.0697. The maximum atomic E-state index is 12.9. The van der Waals surface area contributed by atoms with E-state index in [2.05, 4.69) is 22.4 Å². The molecule has 1 heterocycles. The average Bonchev–Trinajstić information content (AvgIpc) is 3.35. The van der Waals surface area contributed by atoms with Crippen LogP contribution in [-0.4, -0.2) is 43.9 Å². The zero-order valence-corrected chi connectivity index (χ0v) is 19.4. The molecule has 1 aromatic heterocycles. The fourth-order valence-corrected chi connectivity index (χ4v) is 3.66. The van der Waals surface area contributed by atoms with Crippen molar-refractivity contribution in [3.05, 3.63) is 113 Å². The number of carboxylic acids is 1. The third-order valence-electron chi connectivity index (χ3n) is 5.52. The van der Waals surface area contributed by atoms with Gasteiger partial charge in [0.25, 0.3) is 5.91 Å². The number of nitrogens with zero attached hydrogens (tertiary/aromatic N) is 4. The maximum absolute atomic E-state index is 12.9. The van der Waals surface area contributed by atoms with Gasteiger partial charge in [-0.25, -0.2) is 4.79 Å². The van der Waals surface area contributed by atoms with Crippen molar-refractivity contribution in [1.82, 2.24) is 19.9 Å². The molecule has 0 radical (unpaired) electrons. The Morgan fingerprint density at radius 1 is 0.971 bits per heavy atom. The number of hydrogen-bond donors (Lipinski definition) is 1.